The highest BCUT2D eigenvalue weighted by Crippen LogP contribution is 2.31. The van der Waals surface area contributed by atoms with Gasteiger partial charge >= 0.3 is 5.97 Å². The second kappa shape index (κ2) is 11.3. The van der Waals surface area contributed by atoms with E-state index in [0.717, 1.165) is 31.6 Å². The molecule has 0 unspecified atom stereocenters. The molecule has 6 heteroatoms. The number of amides is 2. The van der Waals surface area contributed by atoms with E-state index in [-0.39, 0.29) is 29.6 Å². The Labute approximate surface area is 164 Å². The lowest BCUT2D eigenvalue weighted by molar-refractivity contribution is -0.147. The molecule has 0 aliphatic heterocycles. The normalized spacial score (nSPS) is 22.2. The molecule has 1 rings (SSSR count). The first-order valence-electron chi connectivity index (χ1n) is 10.4. The molecule has 6 nitrogen and oxygen atoms in total. The minimum atomic E-state index is -0.717. The van der Waals surface area contributed by atoms with Crippen molar-refractivity contribution in [2.24, 2.45) is 23.7 Å². The molecule has 0 aromatic carbocycles. The van der Waals surface area contributed by atoms with Crippen LogP contribution in [0, 0.1) is 23.7 Å². The Kier molecular flexibility index (Phi) is 9.81. The van der Waals surface area contributed by atoms with Crippen LogP contribution in [-0.4, -0.2) is 37.0 Å². The van der Waals surface area contributed by atoms with Gasteiger partial charge in [-0.05, 0) is 43.4 Å². The number of carbonyl (C=O) groups excluding carboxylic acids is 3. The minimum absolute atomic E-state index is 0.0198. The fourth-order valence-electron chi connectivity index (χ4n) is 3.80. The van der Waals surface area contributed by atoms with E-state index in [9.17, 15) is 14.4 Å². The third-order valence-electron chi connectivity index (χ3n) is 5.58. The Balaban J connectivity index is 2.68. The molecule has 0 spiro atoms. The van der Waals surface area contributed by atoms with Crippen LogP contribution in [-0.2, 0) is 19.1 Å². The third-order valence-corrected chi connectivity index (χ3v) is 5.58. The predicted molar refractivity (Wildman–Crippen MR) is 106 cm³/mol. The topological polar surface area (TPSA) is 84.5 Å². The summed E-state index contributed by atoms with van der Waals surface area (Å²) >= 11 is 0. The van der Waals surface area contributed by atoms with Crippen molar-refractivity contribution in [3.05, 3.63) is 0 Å². The molecular weight excluding hydrogens is 344 g/mol. The van der Waals surface area contributed by atoms with Crippen LogP contribution in [0.4, 0.5) is 0 Å². The van der Waals surface area contributed by atoms with E-state index in [1.54, 1.807) is 0 Å². The van der Waals surface area contributed by atoms with Gasteiger partial charge in [0.05, 0.1) is 7.11 Å². The molecule has 2 amide bonds. The maximum absolute atomic E-state index is 12.7. The number of ether oxygens (including phenoxy) is 1. The number of carbonyl (C=O) groups is 3. The molecule has 1 saturated carbocycles. The van der Waals surface area contributed by atoms with Crippen molar-refractivity contribution in [1.29, 1.82) is 0 Å². The highest BCUT2D eigenvalue weighted by molar-refractivity contribution is 5.91. The minimum Gasteiger partial charge on any atom is -0.467 e. The van der Waals surface area contributed by atoms with Crippen LogP contribution in [0.25, 0.3) is 0 Å². The van der Waals surface area contributed by atoms with E-state index < -0.39 is 18.1 Å². The molecular formula is C21H38N2O4. The summed E-state index contributed by atoms with van der Waals surface area (Å²) in [4.78, 5) is 37.4. The average molecular weight is 383 g/mol. The van der Waals surface area contributed by atoms with Crippen LogP contribution in [0.5, 0.6) is 0 Å². The van der Waals surface area contributed by atoms with Crippen molar-refractivity contribution in [2.75, 3.05) is 7.11 Å². The molecule has 0 heterocycles. The van der Waals surface area contributed by atoms with Gasteiger partial charge in [-0.15, -0.1) is 0 Å². The van der Waals surface area contributed by atoms with Gasteiger partial charge in [-0.3, -0.25) is 9.59 Å². The van der Waals surface area contributed by atoms with E-state index in [1.165, 1.54) is 20.0 Å². The number of esters is 1. The van der Waals surface area contributed by atoms with Gasteiger partial charge in [-0.1, -0.05) is 47.5 Å². The lowest BCUT2D eigenvalue weighted by Crippen LogP contribution is -2.56. The van der Waals surface area contributed by atoms with E-state index in [4.69, 9.17) is 4.74 Å². The molecule has 2 N–H and O–H groups in total. The number of hydrogen-bond acceptors (Lipinski definition) is 4. The van der Waals surface area contributed by atoms with Gasteiger partial charge in [-0.25, -0.2) is 4.79 Å². The van der Waals surface area contributed by atoms with Gasteiger partial charge in [0.2, 0.25) is 11.8 Å². The summed E-state index contributed by atoms with van der Waals surface area (Å²) in [6.07, 6.45) is 6.37. The van der Waals surface area contributed by atoms with E-state index >= 15 is 0 Å². The number of rotatable bonds is 9. The van der Waals surface area contributed by atoms with Crippen molar-refractivity contribution < 1.29 is 19.1 Å². The first kappa shape index (κ1) is 23.4. The quantitative estimate of drug-likeness (QED) is 0.600. The van der Waals surface area contributed by atoms with Crippen LogP contribution in [0.2, 0.25) is 0 Å². The van der Waals surface area contributed by atoms with Crippen molar-refractivity contribution in [3.63, 3.8) is 0 Å². The largest absolute Gasteiger partial charge is 0.467 e. The number of nitrogens with one attached hydrogen (secondary N) is 2. The highest BCUT2D eigenvalue weighted by Gasteiger charge is 2.33. The molecule has 156 valence electrons. The molecule has 1 aliphatic rings. The molecule has 0 aromatic heterocycles. The number of hydrogen-bond donors (Lipinski definition) is 2. The summed E-state index contributed by atoms with van der Waals surface area (Å²) in [5.41, 5.74) is 0. The maximum Gasteiger partial charge on any atom is 0.328 e. The Bertz CT molecular complexity index is 496. The molecule has 0 radical (unpaired) electrons. The Hall–Kier alpha value is -1.59. The standard InChI is InChI=1S/C21H38N2O4/c1-7-8-15-9-11-16(12-10-15)19(24)22-17(13(2)3)20(25)23-18(14(4)5)21(26)27-6/h13-18H,7-12H2,1-6H3,(H,22,24)(H,23,25)/t15?,16?,17-,18+/m0/s1. The zero-order valence-corrected chi connectivity index (χ0v) is 17.8. The van der Waals surface area contributed by atoms with Crippen LogP contribution < -0.4 is 10.6 Å². The third kappa shape index (κ3) is 7.15. The Morgan fingerprint density at radius 2 is 1.48 bits per heavy atom. The van der Waals surface area contributed by atoms with Gasteiger partial charge in [0.15, 0.2) is 0 Å². The molecule has 2 atom stereocenters. The highest BCUT2D eigenvalue weighted by atomic mass is 16.5. The zero-order valence-electron chi connectivity index (χ0n) is 17.8. The van der Waals surface area contributed by atoms with Crippen LogP contribution in [0.1, 0.15) is 73.1 Å². The number of methoxy groups -OCH3 is 1. The second-order valence-corrected chi connectivity index (χ2v) is 8.49. The smallest absolute Gasteiger partial charge is 0.328 e. The molecule has 0 saturated heterocycles. The molecule has 0 bridgehead atoms. The van der Waals surface area contributed by atoms with E-state index in [1.807, 2.05) is 27.7 Å². The molecule has 1 fully saturated rings. The summed E-state index contributed by atoms with van der Waals surface area (Å²) in [7, 11) is 1.31. The first-order chi connectivity index (χ1) is 12.7. The summed E-state index contributed by atoms with van der Waals surface area (Å²) < 4.78 is 4.78. The fourth-order valence-corrected chi connectivity index (χ4v) is 3.80. The van der Waals surface area contributed by atoms with Crippen molar-refractivity contribution in [1.82, 2.24) is 10.6 Å². The van der Waals surface area contributed by atoms with Crippen LogP contribution in [0.3, 0.4) is 0 Å². The Morgan fingerprint density at radius 1 is 0.926 bits per heavy atom. The van der Waals surface area contributed by atoms with Gasteiger partial charge in [0.1, 0.15) is 12.1 Å². The van der Waals surface area contributed by atoms with Crippen molar-refractivity contribution in [2.45, 2.75) is 85.2 Å². The van der Waals surface area contributed by atoms with Gasteiger partial charge < -0.3 is 15.4 Å². The van der Waals surface area contributed by atoms with E-state index in [0.29, 0.717) is 0 Å². The molecule has 1 aliphatic carbocycles. The first-order valence-corrected chi connectivity index (χ1v) is 10.4. The maximum atomic E-state index is 12.7. The SMILES string of the molecule is CCCC1CCC(C(=O)N[C@H](C(=O)N[C@@H](C(=O)OC)C(C)C)C(C)C)CC1. The van der Waals surface area contributed by atoms with Crippen LogP contribution in [0.15, 0.2) is 0 Å². The molecule has 27 heavy (non-hydrogen) atoms. The van der Waals surface area contributed by atoms with Crippen molar-refractivity contribution >= 4 is 17.8 Å². The summed E-state index contributed by atoms with van der Waals surface area (Å²) in [5.74, 6) is -0.306. The fraction of sp³-hybridized carbons (Fsp3) is 0.857. The zero-order chi connectivity index (χ0) is 20.6. The van der Waals surface area contributed by atoms with Gasteiger partial charge in [0.25, 0.3) is 0 Å². The average Bonchev–Trinajstić information content (AvgIpc) is 2.63. The van der Waals surface area contributed by atoms with Gasteiger partial charge in [-0.2, -0.15) is 0 Å². The Morgan fingerprint density at radius 3 is 1.93 bits per heavy atom. The van der Waals surface area contributed by atoms with Crippen LogP contribution >= 0.6 is 0 Å². The lowest BCUT2D eigenvalue weighted by Gasteiger charge is -2.30. The summed E-state index contributed by atoms with van der Waals surface area (Å²) in [5, 5.41) is 5.68. The predicted octanol–water partition coefficient (Wildman–Crippen LogP) is 3.05. The van der Waals surface area contributed by atoms with Crippen molar-refractivity contribution in [3.8, 4) is 0 Å². The second-order valence-electron chi connectivity index (χ2n) is 8.49. The van der Waals surface area contributed by atoms with Gasteiger partial charge in [0, 0.05) is 5.92 Å². The van der Waals surface area contributed by atoms with E-state index in [2.05, 4.69) is 17.6 Å². The molecule has 0 aromatic rings. The summed E-state index contributed by atoms with van der Waals surface area (Å²) in [6.45, 7) is 9.68. The monoisotopic (exact) mass is 382 g/mol. The lowest BCUT2D eigenvalue weighted by atomic mass is 9.79. The summed E-state index contributed by atoms with van der Waals surface area (Å²) in [6, 6.07) is -1.37.